The third-order valence-corrected chi connectivity index (χ3v) is 3.77. The number of carbonyl (C=O) groups is 1. The minimum absolute atomic E-state index is 0.00778. The summed E-state index contributed by atoms with van der Waals surface area (Å²) in [5.41, 5.74) is -0.425. The number of Topliss-reactive ketones (excluding diaryl/α,β-unsaturated/α-hetero) is 1. The van der Waals surface area contributed by atoms with Crippen molar-refractivity contribution < 1.29 is 15.0 Å². The molecular formula is C10H16O3. The Balaban J connectivity index is 2.22. The fraction of sp³-hybridized carbons (Fsp3) is 0.900. The van der Waals surface area contributed by atoms with E-state index in [2.05, 4.69) is 0 Å². The fourth-order valence-electron chi connectivity index (χ4n) is 2.95. The summed E-state index contributed by atoms with van der Waals surface area (Å²) in [4.78, 5) is 11.6. The number of carbonyl (C=O) groups excluding carboxylic acids is 1. The average molecular weight is 184 g/mol. The molecular weight excluding hydrogens is 168 g/mol. The van der Waals surface area contributed by atoms with Gasteiger partial charge in [0.1, 0.15) is 5.78 Å². The highest BCUT2D eigenvalue weighted by Crippen LogP contribution is 2.54. The first kappa shape index (κ1) is 9.16. The van der Waals surface area contributed by atoms with Gasteiger partial charge in [-0.05, 0) is 12.8 Å². The van der Waals surface area contributed by atoms with Crippen LogP contribution in [-0.4, -0.2) is 28.2 Å². The van der Waals surface area contributed by atoms with Gasteiger partial charge in [-0.1, -0.05) is 13.8 Å². The Bertz CT molecular complexity index is 247. The van der Waals surface area contributed by atoms with E-state index in [1.807, 2.05) is 13.8 Å². The van der Waals surface area contributed by atoms with E-state index in [4.69, 9.17) is 0 Å². The van der Waals surface area contributed by atoms with Crippen molar-refractivity contribution in [3.63, 3.8) is 0 Å². The minimum atomic E-state index is -0.702. The lowest BCUT2D eigenvalue weighted by Gasteiger charge is -2.55. The Morgan fingerprint density at radius 3 is 2.54 bits per heavy atom. The van der Waals surface area contributed by atoms with Gasteiger partial charge in [-0.15, -0.1) is 0 Å². The molecule has 2 rings (SSSR count). The first-order valence-corrected chi connectivity index (χ1v) is 4.86. The van der Waals surface area contributed by atoms with Crippen LogP contribution in [-0.2, 0) is 4.79 Å². The summed E-state index contributed by atoms with van der Waals surface area (Å²) in [6.45, 7) is 3.72. The second kappa shape index (κ2) is 2.55. The number of hydrogen-bond acceptors (Lipinski definition) is 3. The van der Waals surface area contributed by atoms with Crippen LogP contribution in [0.25, 0.3) is 0 Å². The summed E-state index contributed by atoms with van der Waals surface area (Å²) in [6.07, 6.45) is -0.0324. The van der Waals surface area contributed by atoms with Gasteiger partial charge in [-0.3, -0.25) is 4.79 Å². The van der Waals surface area contributed by atoms with Crippen molar-refractivity contribution in [2.45, 2.75) is 38.9 Å². The van der Waals surface area contributed by atoms with E-state index in [0.29, 0.717) is 6.42 Å². The van der Waals surface area contributed by atoms with Crippen LogP contribution >= 0.6 is 0 Å². The largest absolute Gasteiger partial charge is 0.390 e. The Hall–Kier alpha value is -0.410. The van der Waals surface area contributed by atoms with Gasteiger partial charge in [0.15, 0.2) is 0 Å². The SMILES string of the molecule is CC1(C)C(=O)[C@H]2CC[C@H](O)[C@H](O)[C@H]21. The fourth-order valence-corrected chi connectivity index (χ4v) is 2.95. The molecule has 2 saturated carbocycles. The van der Waals surface area contributed by atoms with E-state index in [1.54, 1.807) is 0 Å². The van der Waals surface area contributed by atoms with Crippen LogP contribution in [0.15, 0.2) is 0 Å². The van der Waals surface area contributed by atoms with Crippen LogP contribution in [0.4, 0.5) is 0 Å². The number of aliphatic hydroxyl groups excluding tert-OH is 2. The summed E-state index contributed by atoms with van der Waals surface area (Å²) in [5.74, 6) is 0.237. The highest BCUT2D eigenvalue weighted by molar-refractivity contribution is 5.93. The number of hydrogen-bond donors (Lipinski definition) is 2. The smallest absolute Gasteiger partial charge is 0.142 e. The quantitative estimate of drug-likeness (QED) is 0.571. The Morgan fingerprint density at radius 2 is 1.92 bits per heavy atom. The van der Waals surface area contributed by atoms with Crippen LogP contribution in [0.2, 0.25) is 0 Å². The van der Waals surface area contributed by atoms with Crippen LogP contribution in [0.5, 0.6) is 0 Å². The third kappa shape index (κ3) is 1.00. The lowest BCUT2D eigenvalue weighted by Crippen LogP contribution is -2.63. The van der Waals surface area contributed by atoms with Crippen molar-refractivity contribution in [2.24, 2.45) is 17.3 Å². The van der Waals surface area contributed by atoms with Gasteiger partial charge in [0.05, 0.1) is 12.2 Å². The Morgan fingerprint density at radius 1 is 1.31 bits per heavy atom. The summed E-state index contributed by atoms with van der Waals surface area (Å²) >= 11 is 0. The second-order valence-corrected chi connectivity index (χ2v) is 4.85. The first-order chi connectivity index (χ1) is 5.96. The van der Waals surface area contributed by atoms with Crippen LogP contribution in [0.1, 0.15) is 26.7 Å². The van der Waals surface area contributed by atoms with Gasteiger partial charge in [-0.25, -0.2) is 0 Å². The normalized spacial score (nSPS) is 48.2. The molecule has 0 amide bonds. The molecule has 4 atom stereocenters. The molecule has 2 aliphatic rings. The molecule has 2 fully saturated rings. The third-order valence-electron chi connectivity index (χ3n) is 3.77. The van der Waals surface area contributed by atoms with Gasteiger partial charge < -0.3 is 10.2 Å². The molecule has 0 spiro atoms. The molecule has 0 saturated heterocycles. The second-order valence-electron chi connectivity index (χ2n) is 4.85. The van der Waals surface area contributed by atoms with Crippen LogP contribution in [0, 0.1) is 17.3 Å². The van der Waals surface area contributed by atoms with Crippen molar-refractivity contribution in [1.82, 2.24) is 0 Å². The topological polar surface area (TPSA) is 57.5 Å². The number of aliphatic hydroxyl groups is 2. The lowest BCUT2D eigenvalue weighted by atomic mass is 9.49. The maximum absolute atomic E-state index is 11.6. The van der Waals surface area contributed by atoms with E-state index >= 15 is 0 Å². The van der Waals surface area contributed by atoms with E-state index in [9.17, 15) is 15.0 Å². The number of fused-ring (bicyclic) bond motifs is 1. The zero-order valence-electron chi connectivity index (χ0n) is 8.03. The highest BCUT2D eigenvalue weighted by atomic mass is 16.3. The van der Waals surface area contributed by atoms with Gasteiger partial charge in [0.25, 0.3) is 0 Å². The van der Waals surface area contributed by atoms with E-state index < -0.39 is 17.6 Å². The molecule has 3 heteroatoms. The predicted molar refractivity (Wildman–Crippen MR) is 47.0 cm³/mol. The zero-order chi connectivity index (χ0) is 9.80. The maximum Gasteiger partial charge on any atom is 0.142 e. The zero-order valence-corrected chi connectivity index (χ0v) is 8.03. The molecule has 2 N–H and O–H groups in total. The molecule has 13 heavy (non-hydrogen) atoms. The lowest BCUT2D eigenvalue weighted by molar-refractivity contribution is -0.183. The molecule has 0 heterocycles. The molecule has 74 valence electrons. The average Bonchev–Trinajstić information content (AvgIpc) is 2.08. The molecule has 0 aromatic carbocycles. The monoisotopic (exact) mass is 184 g/mol. The van der Waals surface area contributed by atoms with Crippen LogP contribution in [0.3, 0.4) is 0 Å². The summed E-state index contributed by atoms with van der Waals surface area (Å²) in [6, 6.07) is 0. The molecule has 0 aromatic heterocycles. The molecule has 0 unspecified atom stereocenters. The van der Waals surface area contributed by atoms with Crippen LogP contribution < -0.4 is 0 Å². The van der Waals surface area contributed by atoms with Gasteiger partial charge in [0.2, 0.25) is 0 Å². The van der Waals surface area contributed by atoms with E-state index in [0.717, 1.165) is 6.42 Å². The molecule has 0 radical (unpaired) electrons. The predicted octanol–water partition coefficient (Wildman–Crippen LogP) is 0.343. The molecule has 0 aromatic rings. The van der Waals surface area contributed by atoms with Crippen molar-refractivity contribution in [3.05, 3.63) is 0 Å². The molecule has 0 bridgehead atoms. The Kier molecular flexibility index (Phi) is 1.79. The standard InChI is InChI=1S/C10H16O3/c1-10(2)7-5(9(10)13)3-4-6(11)8(7)12/h5-8,11-12H,3-4H2,1-2H3/t5-,6-,7-,8-/m0/s1. The van der Waals surface area contributed by atoms with E-state index in [1.165, 1.54) is 0 Å². The van der Waals surface area contributed by atoms with Gasteiger partial charge >= 0.3 is 0 Å². The number of rotatable bonds is 0. The molecule has 2 aliphatic carbocycles. The van der Waals surface area contributed by atoms with Crippen molar-refractivity contribution in [1.29, 1.82) is 0 Å². The van der Waals surface area contributed by atoms with Gasteiger partial charge in [-0.2, -0.15) is 0 Å². The summed E-state index contributed by atoms with van der Waals surface area (Å²) in [7, 11) is 0. The Labute approximate surface area is 77.8 Å². The molecule has 0 aliphatic heterocycles. The van der Waals surface area contributed by atoms with Crippen molar-refractivity contribution >= 4 is 5.78 Å². The summed E-state index contributed by atoms with van der Waals surface area (Å²) < 4.78 is 0. The van der Waals surface area contributed by atoms with Gasteiger partial charge in [0, 0.05) is 17.3 Å². The van der Waals surface area contributed by atoms with Crippen molar-refractivity contribution in [3.8, 4) is 0 Å². The maximum atomic E-state index is 11.6. The highest BCUT2D eigenvalue weighted by Gasteiger charge is 2.61. The first-order valence-electron chi connectivity index (χ1n) is 4.86. The minimum Gasteiger partial charge on any atom is -0.390 e. The summed E-state index contributed by atoms with van der Waals surface area (Å²) in [5, 5.41) is 19.2. The van der Waals surface area contributed by atoms with E-state index in [-0.39, 0.29) is 17.6 Å². The van der Waals surface area contributed by atoms with Crippen molar-refractivity contribution in [2.75, 3.05) is 0 Å². The molecule has 3 nitrogen and oxygen atoms in total. The number of ketones is 1.